The summed E-state index contributed by atoms with van der Waals surface area (Å²) >= 11 is 0. The number of carbonyl (C=O) groups is 4. The van der Waals surface area contributed by atoms with Gasteiger partial charge in [0, 0.05) is 51.7 Å². The molecule has 3 aliphatic carbocycles. The quantitative estimate of drug-likeness (QED) is 0.0809. The van der Waals surface area contributed by atoms with Crippen molar-refractivity contribution in [3.8, 4) is 28.3 Å². The number of phenolic OH excluding ortho intramolecular Hbond substituents is 1. The van der Waals surface area contributed by atoms with E-state index < -0.39 is 24.1 Å². The molecule has 16 heteroatoms. The first-order chi connectivity index (χ1) is 36.0. The number of amides is 2. The monoisotopic (exact) mass is 1040 g/mol. The Morgan fingerprint density at radius 1 is 0.632 bits per heavy atom. The number of carboxylic acid groups (broad SMARTS) is 2. The number of phenols is 1. The SMILES string of the molecule is C[C@]12CC[C@@H]3c4ccc(O)cc4CC[C@H]3[C@@H]1CC[C@@H]2O.Cc1ccc(-c2nc3ccc(C)cn3c2CC(=O)N(C)C)cc1.Cc1ccc(-c2nc3ccc(C)cn3c2CC(=O)N(C)C)cc1.O=C(O)C(O)C(O)C(=O)O. The van der Waals surface area contributed by atoms with Gasteiger partial charge in [0.15, 0.2) is 12.2 Å². The lowest BCUT2D eigenvalue weighted by Gasteiger charge is -2.50. The summed E-state index contributed by atoms with van der Waals surface area (Å²) in [4.78, 5) is 56.8. The van der Waals surface area contributed by atoms with Crippen LogP contribution in [0.15, 0.2) is 103 Å². The van der Waals surface area contributed by atoms with Crippen LogP contribution in [0.25, 0.3) is 33.8 Å². The number of aromatic hydroxyl groups is 1. The summed E-state index contributed by atoms with van der Waals surface area (Å²) in [5, 5.41) is 52.6. The van der Waals surface area contributed by atoms with E-state index >= 15 is 0 Å². The van der Waals surface area contributed by atoms with E-state index in [1.54, 1.807) is 38.0 Å². The van der Waals surface area contributed by atoms with Gasteiger partial charge in [-0.2, -0.15) is 0 Å². The van der Waals surface area contributed by atoms with Crippen LogP contribution >= 0.6 is 0 Å². The van der Waals surface area contributed by atoms with Gasteiger partial charge >= 0.3 is 11.9 Å². The summed E-state index contributed by atoms with van der Waals surface area (Å²) in [5.74, 6) is -0.906. The second kappa shape index (κ2) is 23.6. The number of pyridine rings is 2. The molecule has 0 aliphatic heterocycles. The topological polar surface area (TPSA) is 231 Å². The van der Waals surface area contributed by atoms with E-state index in [9.17, 15) is 29.4 Å². The van der Waals surface area contributed by atoms with Crippen molar-refractivity contribution in [2.24, 2.45) is 17.3 Å². The lowest BCUT2D eigenvalue weighted by Crippen LogP contribution is -2.43. The number of benzene rings is 3. The number of aromatic nitrogens is 4. The average Bonchev–Trinajstić information content (AvgIpc) is 4.09. The molecule has 4 aromatic heterocycles. The molecule has 7 aromatic rings. The number of nitrogens with zero attached hydrogens (tertiary/aromatic N) is 6. The number of carbonyl (C=O) groups excluding carboxylic acids is 2. The van der Waals surface area contributed by atoms with Crippen molar-refractivity contribution in [3.63, 3.8) is 0 Å². The van der Waals surface area contributed by atoms with Gasteiger partial charge in [-0.1, -0.05) is 84.8 Å². The predicted octanol–water partition coefficient (Wildman–Crippen LogP) is 7.98. The molecule has 0 spiro atoms. The molecule has 16 nitrogen and oxygen atoms in total. The minimum Gasteiger partial charge on any atom is -0.508 e. The number of rotatable bonds is 9. The molecule has 2 saturated carbocycles. The maximum absolute atomic E-state index is 12.3. The maximum Gasteiger partial charge on any atom is 0.335 e. The first-order valence-electron chi connectivity index (χ1n) is 25.8. The second-order valence-electron chi connectivity index (χ2n) is 21.3. The Balaban J connectivity index is 0.000000153. The highest BCUT2D eigenvalue weighted by Crippen LogP contribution is 2.61. The fraction of sp³-hybridized carbons (Fsp3) is 0.400. The van der Waals surface area contributed by atoms with Crippen LogP contribution in [0.3, 0.4) is 0 Å². The van der Waals surface area contributed by atoms with Gasteiger partial charge in [-0.25, -0.2) is 19.6 Å². The normalized spacial score (nSPS) is 19.9. The molecule has 4 heterocycles. The Bertz CT molecular complexity index is 3050. The molecule has 2 unspecified atom stereocenters. The van der Waals surface area contributed by atoms with Crippen LogP contribution in [0.2, 0.25) is 0 Å². The Morgan fingerprint density at radius 2 is 1.08 bits per heavy atom. The number of likely N-dealkylation sites (N-methyl/N-ethyl adjacent to an activating group) is 2. The van der Waals surface area contributed by atoms with E-state index in [0.717, 1.165) is 81.5 Å². The first kappa shape index (κ1) is 56.3. The van der Waals surface area contributed by atoms with Crippen LogP contribution in [0.5, 0.6) is 5.75 Å². The van der Waals surface area contributed by atoms with E-state index in [1.807, 2.05) is 71.4 Å². The number of hydrogen-bond donors (Lipinski definition) is 6. The molecule has 7 atom stereocenters. The fourth-order valence-corrected chi connectivity index (χ4v) is 11.0. The molecule has 6 N–H and O–H groups in total. The third-order valence-corrected chi connectivity index (χ3v) is 15.5. The van der Waals surface area contributed by atoms with Crippen molar-refractivity contribution >= 4 is 35.0 Å². The third kappa shape index (κ3) is 12.5. The van der Waals surface area contributed by atoms with Gasteiger partial charge < -0.3 is 49.2 Å². The highest BCUT2D eigenvalue weighted by Gasteiger charge is 2.54. The molecule has 0 radical (unpaired) electrons. The van der Waals surface area contributed by atoms with Crippen LogP contribution in [-0.2, 0) is 38.4 Å². The largest absolute Gasteiger partial charge is 0.508 e. The van der Waals surface area contributed by atoms with E-state index in [4.69, 9.17) is 30.4 Å². The molecule has 402 valence electrons. The summed E-state index contributed by atoms with van der Waals surface area (Å²) in [6.07, 6.45) is 7.00. The molecular formula is C60H72N6O10. The second-order valence-corrected chi connectivity index (χ2v) is 21.3. The third-order valence-electron chi connectivity index (χ3n) is 15.5. The molecular weight excluding hydrogens is 965 g/mol. The zero-order chi connectivity index (χ0) is 55.3. The Morgan fingerprint density at radius 3 is 1.51 bits per heavy atom. The summed E-state index contributed by atoms with van der Waals surface area (Å²) in [6, 6.07) is 30.6. The number of imidazole rings is 2. The van der Waals surface area contributed by atoms with Crippen LogP contribution in [0, 0.1) is 44.9 Å². The zero-order valence-electron chi connectivity index (χ0n) is 44.9. The lowest BCUT2D eigenvalue weighted by molar-refractivity contribution is -0.165. The summed E-state index contributed by atoms with van der Waals surface area (Å²) < 4.78 is 4.07. The first-order valence-corrected chi connectivity index (χ1v) is 25.8. The number of aliphatic hydroxyl groups is 3. The van der Waals surface area contributed by atoms with Crippen molar-refractivity contribution in [1.82, 2.24) is 28.6 Å². The number of aryl methyl sites for hydroxylation is 5. The smallest absolute Gasteiger partial charge is 0.335 e. The fourth-order valence-electron chi connectivity index (χ4n) is 11.0. The van der Waals surface area contributed by atoms with Crippen molar-refractivity contribution in [1.29, 1.82) is 0 Å². The number of carboxylic acids is 2. The van der Waals surface area contributed by atoms with Gasteiger partial charge in [-0.3, -0.25) is 9.59 Å². The number of aliphatic carboxylic acids is 2. The highest BCUT2D eigenvalue weighted by molar-refractivity contribution is 5.83. The molecule has 10 rings (SSSR count). The molecule has 2 fully saturated rings. The number of aliphatic hydroxyl groups excluding tert-OH is 3. The van der Waals surface area contributed by atoms with E-state index in [0.29, 0.717) is 30.4 Å². The van der Waals surface area contributed by atoms with Gasteiger partial charge in [-0.05, 0) is 136 Å². The predicted molar refractivity (Wildman–Crippen MR) is 291 cm³/mol. The molecule has 2 amide bonds. The van der Waals surface area contributed by atoms with Gasteiger partial charge in [0.1, 0.15) is 17.0 Å². The molecule has 0 bridgehead atoms. The molecule has 3 aliphatic rings. The van der Waals surface area contributed by atoms with Gasteiger partial charge in [-0.15, -0.1) is 0 Å². The minimum atomic E-state index is -2.27. The van der Waals surface area contributed by atoms with Crippen molar-refractivity contribution < 1.29 is 49.8 Å². The lowest BCUT2D eigenvalue weighted by atomic mass is 9.55. The van der Waals surface area contributed by atoms with E-state index in [1.165, 1.54) is 41.5 Å². The van der Waals surface area contributed by atoms with Crippen LogP contribution in [0.1, 0.15) is 89.7 Å². The average molecular weight is 1040 g/mol. The zero-order valence-corrected chi connectivity index (χ0v) is 44.9. The molecule has 76 heavy (non-hydrogen) atoms. The van der Waals surface area contributed by atoms with E-state index in [2.05, 4.69) is 75.4 Å². The molecule has 0 saturated heterocycles. The number of fused-ring (bicyclic) bond motifs is 7. The highest BCUT2D eigenvalue weighted by atomic mass is 16.4. The summed E-state index contributed by atoms with van der Waals surface area (Å²) in [6.45, 7) is 10.5. The van der Waals surface area contributed by atoms with Crippen molar-refractivity contribution in [2.45, 2.75) is 110 Å². The Hall–Kier alpha value is -7.40. The van der Waals surface area contributed by atoms with E-state index in [-0.39, 0.29) is 23.3 Å². The van der Waals surface area contributed by atoms with Crippen molar-refractivity contribution in [3.05, 3.63) is 148 Å². The maximum atomic E-state index is 12.3. The van der Waals surface area contributed by atoms with Crippen LogP contribution in [-0.4, -0.2) is 129 Å². The minimum absolute atomic E-state index is 0.0710. The molecule has 3 aromatic carbocycles. The van der Waals surface area contributed by atoms with Crippen LogP contribution in [0.4, 0.5) is 0 Å². The summed E-state index contributed by atoms with van der Waals surface area (Å²) in [7, 11) is 7.12. The van der Waals surface area contributed by atoms with Crippen molar-refractivity contribution in [2.75, 3.05) is 28.2 Å². The Labute approximate surface area is 443 Å². The number of hydrogen-bond acceptors (Lipinski definition) is 10. The van der Waals surface area contributed by atoms with Gasteiger partial charge in [0.25, 0.3) is 0 Å². The summed E-state index contributed by atoms with van der Waals surface area (Å²) in [5.41, 5.74) is 15.1. The van der Waals surface area contributed by atoms with Crippen LogP contribution < -0.4 is 0 Å². The standard InChI is InChI=1S/2C19H21N3O.C18H24O2.C4H6O6/c2*1-13-5-8-15(9-6-13)19-16(11-18(23)21(3)4)22-12-14(2)7-10-17(22)20-19;1-18-9-8-14-13-5-3-12(19)10-11(13)2-4-15(14)16(18)6-7-17(18)20;5-1(3(7)8)2(6)4(9)10/h2*5-10,12H,11H2,1-4H3;3,5,10,14-17,19-20H,2,4,6-9H2,1H3;1-2,5-6H,(H,7,8)(H,9,10)/t;;14-,15-,16+,17+,18+;/m..1./s1. The van der Waals surface area contributed by atoms with Gasteiger partial charge in [0.05, 0.1) is 41.7 Å². The van der Waals surface area contributed by atoms with Gasteiger partial charge in [0.2, 0.25) is 11.8 Å². The Kier molecular flexibility index (Phi) is 17.5.